The quantitative estimate of drug-likeness (QED) is 0.0901. The number of hydrogen-bond acceptors (Lipinski definition) is 13. The largest absolute Gasteiger partial charge is 0.491 e. The molecule has 3 aliphatic heterocycles. The number of fused-ring (bicyclic) bond motifs is 2. The predicted octanol–water partition coefficient (Wildman–Crippen LogP) is 2.69. The van der Waals surface area contributed by atoms with Crippen molar-refractivity contribution >= 4 is 51.7 Å². The zero-order chi connectivity index (χ0) is 39.5. The molecular formula is C40H43N9O8. The van der Waals surface area contributed by atoms with Gasteiger partial charge in [-0.15, -0.1) is 0 Å². The number of carbonyl (C=O) groups is 5. The molecule has 3 fully saturated rings. The minimum absolute atomic E-state index is 0.0606. The van der Waals surface area contributed by atoms with E-state index in [1.807, 2.05) is 23.0 Å². The molecule has 1 unspecified atom stereocenters. The van der Waals surface area contributed by atoms with Crippen LogP contribution in [0.4, 0.5) is 5.69 Å². The van der Waals surface area contributed by atoms with E-state index in [4.69, 9.17) is 25.0 Å². The SMILES string of the molecule is N/C=C(/C(=O)Nc1cc2cn(C3CCN(CCOCCOc4ccc5c(c4)C(=O)N(C4CCC(=O)NC4=O)C5=O)CC3)nc2cc1OCC1CC1)c1ncccn1. The van der Waals surface area contributed by atoms with E-state index in [1.165, 1.54) is 18.3 Å². The summed E-state index contributed by atoms with van der Waals surface area (Å²) in [6.07, 6.45) is 10.6. The first kappa shape index (κ1) is 37.7. The van der Waals surface area contributed by atoms with Crippen molar-refractivity contribution in [3.63, 3.8) is 0 Å². The number of hydrogen-bond donors (Lipinski definition) is 3. The highest BCUT2D eigenvalue weighted by Gasteiger charge is 2.44. The van der Waals surface area contributed by atoms with E-state index >= 15 is 0 Å². The zero-order valence-corrected chi connectivity index (χ0v) is 31.2. The summed E-state index contributed by atoms with van der Waals surface area (Å²) in [4.78, 5) is 74.8. The molecule has 8 rings (SSSR count). The first-order valence-corrected chi connectivity index (χ1v) is 19.2. The van der Waals surface area contributed by atoms with Crippen LogP contribution in [0.15, 0.2) is 61.2 Å². The summed E-state index contributed by atoms with van der Waals surface area (Å²) in [6, 6.07) is 9.27. The van der Waals surface area contributed by atoms with Crippen LogP contribution < -0.4 is 25.8 Å². The Morgan fingerprint density at radius 2 is 1.72 bits per heavy atom. The maximum Gasteiger partial charge on any atom is 0.262 e. The molecule has 0 bridgehead atoms. The van der Waals surface area contributed by atoms with Crippen molar-refractivity contribution in [1.29, 1.82) is 0 Å². The smallest absolute Gasteiger partial charge is 0.262 e. The van der Waals surface area contributed by atoms with Gasteiger partial charge in [0.1, 0.15) is 24.1 Å². The molecule has 2 aromatic heterocycles. The Morgan fingerprint density at radius 1 is 0.930 bits per heavy atom. The molecule has 1 aliphatic carbocycles. The summed E-state index contributed by atoms with van der Waals surface area (Å²) in [5.41, 5.74) is 7.64. The average molecular weight is 778 g/mol. The monoisotopic (exact) mass is 777 g/mol. The molecule has 1 saturated carbocycles. The fourth-order valence-corrected chi connectivity index (χ4v) is 7.31. The Balaban J connectivity index is 0.800. The lowest BCUT2D eigenvalue weighted by atomic mass is 10.0. The van der Waals surface area contributed by atoms with Crippen molar-refractivity contribution in [2.24, 2.45) is 11.7 Å². The number of carbonyl (C=O) groups excluding carboxylic acids is 5. The number of rotatable bonds is 15. The van der Waals surface area contributed by atoms with Crippen LogP contribution in [0, 0.1) is 5.92 Å². The molecule has 4 N–H and O–H groups in total. The van der Waals surface area contributed by atoms with E-state index in [0.717, 1.165) is 61.1 Å². The van der Waals surface area contributed by atoms with Crippen LogP contribution in [0.3, 0.4) is 0 Å². The fourth-order valence-electron chi connectivity index (χ4n) is 7.31. The van der Waals surface area contributed by atoms with Gasteiger partial charge in [0, 0.05) is 62.3 Å². The Hall–Kier alpha value is -6.20. The third-order valence-corrected chi connectivity index (χ3v) is 10.7. The molecule has 2 saturated heterocycles. The van der Waals surface area contributed by atoms with Crippen molar-refractivity contribution in [3.05, 3.63) is 78.1 Å². The van der Waals surface area contributed by atoms with Gasteiger partial charge in [0.15, 0.2) is 5.82 Å². The molecule has 17 heteroatoms. The van der Waals surface area contributed by atoms with Crippen molar-refractivity contribution in [2.45, 2.75) is 50.6 Å². The number of imide groups is 2. The van der Waals surface area contributed by atoms with Crippen molar-refractivity contribution in [2.75, 3.05) is 51.4 Å². The van der Waals surface area contributed by atoms with Crippen LogP contribution in [-0.4, -0.2) is 111 Å². The topological polar surface area (TPSA) is 213 Å². The maximum absolute atomic E-state index is 13.3. The Labute approximate surface area is 327 Å². The van der Waals surface area contributed by atoms with Crippen molar-refractivity contribution < 1.29 is 38.2 Å². The molecule has 17 nitrogen and oxygen atoms in total. The van der Waals surface area contributed by atoms with Crippen LogP contribution in [0.1, 0.15) is 71.1 Å². The summed E-state index contributed by atoms with van der Waals surface area (Å²) >= 11 is 0. The number of ether oxygens (including phenoxy) is 3. The van der Waals surface area contributed by atoms with E-state index in [9.17, 15) is 24.0 Å². The number of likely N-dealkylation sites (tertiary alicyclic amines) is 1. The second kappa shape index (κ2) is 16.5. The minimum atomic E-state index is -1.02. The molecule has 5 amide bonds. The van der Waals surface area contributed by atoms with Crippen LogP contribution in [0.5, 0.6) is 11.5 Å². The second-order valence-electron chi connectivity index (χ2n) is 14.6. The summed E-state index contributed by atoms with van der Waals surface area (Å²) in [7, 11) is 0. The molecule has 296 valence electrons. The fraction of sp³-hybridized carbons (Fsp3) is 0.400. The molecule has 5 heterocycles. The minimum Gasteiger partial charge on any atom is -0.491 e. The highest BCUT2D eigenvalue weighted by Crippen LogP contribution is 2.36. The Bertz CT molecular complexity index is 2230. The van der Waals surface area contributed by atoms with E-state index < -0.39 is 35.6 Å². The van der Waals surface area contributed by atoms with Crippen molar-refractivity contribution in [3.8, 4) is 11.5 Å². The number of anilines is 1. The summed E-state index contributed by atoms with van der Waals surface area (Å²) in [6.45, 7) is 4.20. The van der Waals surface area contributed by atoms with E-state index in [1.54, 1.807) is 24.5 Å². The van der Waals surface area contributed by atoms with Gasteiger partial charge in [0.25, 0.3) is 17.7 Å². The standard InChI is InChI=1S/C40H43N9O8/c41-21-30(36-42-10-1-11-43-36)37(51)44-32-18-25-22-48(46-31(25)20-34(32)57-23-24-2-3-24)26-8-12-47(13-9-26)14-15-55-16-17-56-27-4-5-28-29(19-27)40(54)49(39(28)53)33-6-7-35(50)45-38(33)52/h1,4-5,10-11,18-22,24,26,33H,2-3,6-9,12-17,23,41H2,(H,44,51)(H,45,50,52)/b30-21+. The van der Waals surface area contributed by atoms with Gasteiger partial charge in [-0.05, 0) is 68.4 Å². The lowest BCUT2D eigenvalue weighted by Crippen LogP contribution is -2.54. The predicted molar refractivity (Wildman–Crippen MR) is 205 cm³/mol. The lowest BCUT2D eigenvalue weighted by Gasteiger charge is -2.31. The maximum atomic E-state index is 13.3. The first-order valence-electron chi connectivity index (χ1n) is 19.2. The molecule has 2 aromatic carbocycles. The summed E-state index contributed by atoms with van der Waals surface area (Å²) in [5.74, 6) is -0.933. The van der Waals surface area contributed by atoms with Gasteiger partial charge in [-0.2, -0.15) is 5.10 Å². The lowest BCUT2D eigenvalue weighted by molar-refractivity contribution is -0.136. The molecule has 1 atom stereocenters. The number of aromatic nitrogens is 4. The third kappa shape index (κ3) is 8.34. The number of amides is 5. The van der Waals surface area contributed by atoms with Gasteiger partial charge < -0.3 is 30.2 Å². The zero-order valence-electron chi connectivity index (χ0n) is 31.2. The molecule has 4 aliphatic rings. The number of nitrogens with one attached hydrogen (secondary N) is 2. The van der Waals surface area contributed by atoms with Crippen LogP contribution in [0.25, 0.3) is 16.5 Å². The van der Waals surface area contributed by atoms with E-state index in [0.29, 0.717) is 42.9 Å². The normalized spacial score (nSPS) is 19.2. The van der Waals surface area contributed by atoms with Crippen LogP contribution in [-0.2, 0) is 19.1 Å². The average Bonchev–Trinajstić information content (AvgIpc) is 3.91. The number of benzene rings is 2. The van der Waals surface area contributed by atoms with Gasteiger partial charge in [-0.1, -0.05) is 0 Å². The number of nitrogens with zero attached hydrogens (tertiary/aromatic N) is 6. The van der Waals surface area contributed by atoms with Crippen molar-refractivity contribution in [1.82, 2.24) is 34.9 Å². The highest BCUT2D eigenvalue weighted by atomic mass is 16.5. The molecule has 0 radical (unpaired) electrons. The third-order valence-electron chi connectivity index (χ3n) is 10.7. The van der Waals surface area contributed by atoms with Gasteiger partial charge in [-0.25, -0.2) is 9.97 Å². The van der Waals surface area contributed by atoms with Gasteiger partial charge >= 0.3 is 0 Å². The number of nitrogens with two attached hydrogens (primary N) is 1. The Kier molecular flexibility index (Phi) is 10.9. The van der Waals surface area contributed by atoms with E-state index in [-0.39, 0.29) is 48.0 Å². The van der Waals surface area contributed by atoms with Gasteiger partial charge in [0.05, 0.1) is 53.8 Å². The summed E-state index contributed by atoms with van der Waals surface area (Å²) < 4.78 is 19.9. The molecule has 0 spiro atoms. The molecule has 57 heavy (non-hydrogen) atoms. The highest BCUT2D eigenvalue weighted by molar-refractivity contribution is 6.25. The van der Waals surface area contributed by atoms with Gasteiger partial charge in [-0.3, -0.25) is 38.9 Å². The molecule has 4 aromatic rings. The Morgan fingerprint density at radius 3 is 2.47 bits per heavy atom. The molecular weight excluding hydrogens is 734 g/mol. The summed E-state index contributed by atoms with van der Waals surface area (Å²) in [5, 5.41) is 10.9. The van der Waals surface area contributed by atoms with E-state index in [2.05, 4.69) is 25.5 Å². The second-order valence-corrected chi connectivity index (χ2v) is 14.6. The van der Waals surface area contributed by atoms with Crippen LogP contribution >= 0.6 is 0 Å². The number of piperidine rings is 2. The first-order chi connectivity index (χ1) is 27.7. The van der Waals surface area contributed by atoms with Crippen LogP contribution in [0.2, 0.25) is 0 Å². The van der Waals surface area contributed by atoms with Gasteiger partial charge in [0.2, 0.25) is 11.8 Å².